The third-order valence-electron chi connectivity index (χ3n) is 3.28. The number of hydrogen-bond donors (Lipinski definition) is 1. The number of anilines is 1. The fourth-order valence-electron chi connectivity index (χ4n) is 2.27. The molecule has 1 heterocycles. The molecule has 0 amide bonds. The molecule has 1 unspecified atom stereocenters. The zero-order chi connectivity index (χ0) is 14.0. The number of ether oxygens (including phenoxy) is 1. The van der Waals surface area contributed by atoms with Gasteiger partial charge in [0, 0.05) is 20.2 Å². The summed E-state index contributed by atoms with van der Waals surface area (Å²) in [5.41, 5.74) is 5.20. The molecule has 0 spiro atoms. The van der Waals surface area contributed by atoms with Crippen LogP contribution >= 0.6 is 0 Å². The number of nitrogens with zero attached hydrogens (tertiary/aromatic N) is 1. The molecule has 1 saturated heterocycles. The van der Waals surface area contributed by atoms with E-state index < -0.39 is 15.8 Å². The summed E-state index contributed by atoms with van der Waals surface area (Å²) in [6.45, 7) is 1.31. The van der Waals surface area contributed by atoms with E-state index in [9.17, 15) is 12.8 Å². The Bertz CT molecular complexity index is 562. The minimum Gasteiger partial charge on any atom is -0.395 e. The normalized spacial score (nSPS) is 20.8. The average Bonchev–Trinajstić information content (AvgIpc) is 2.82. The highest BCUT2D eigenvalue weighted by molar-refractivity contribution is 7.89. The molecule has 7 heteroatoms. The topological polar surface area (TPSA) is 72.6 Å². The minimum atomic E-state index is -3.73. The number of para-hydroxylation sites is 1. The van der Waals surface area contributed by atoms with Crippen LogP contribution in [0.5, 0.6) is 0 Å². The SMILES string of the molecule is COCC1CCN(S(=O)(=O)c2cccc(F)c2N)C1. The second-order valence-corrected chi connectivity index (χ2v) is 6.53. The molecule has 2 rings (SSSR count). The molecule has 0 aromatic heterocycles. The Kier molecular flexibility index (Phi) is 4.07. The van der Waals surface area contributed by atoms with Crippen molar-refractivity contribution in [3.8, 4) is 0 Å². The van der Waals surface area contributed by atoms with Crippen LogP contribution in [0.25, 0.3) is 0 Å². The van der Waals surface area contributed by atoms with Crippen molar-refractivity contribution >= 4 is 15.7 Å². The summed E-state index contributed by atoms with van der Waals surface area (Å²) in [6.07, 6.45) is 0.738. The van der Waals surface area contributed by atoms with Crippen LogP contribution in [0.2, 0.25) is 0 Å². The van der Waals surface area contributed by atoms with Gasteiger partial charge < -0.3 is 10.5 Å². The smallest absolute Gasteiger partial charge is 0.245 e. The predicted molar refractivity (Wildman–Crippen MR) is 69.6 cm³/mol. The molecule has 1 fully saturated rings. The largest absolute Gasteiger partial charge is 0.395 e. The van der Waals surface area contributed by atoms with Gasteiger partial charge in [-0.05, 0) is 24.5 Å². The number of benzene rings is 1. The van der Waals surface area contributed by atoms with Gasteiger partial charge in [0.2, 0.25) is 10.0 Å². The van der Waals surface area contributed by atoms with Crippen LogP contribution in [0.3, 0.4) is 0 Å². The van der Waals surface area contributed by atoms with E-state index in [4.69, 9.17) is 10.5 Å². The third kappa shape index (κ3) is 2.72. The molecule has 2 N–H and O–H groups in total. The lowest BCUT2D eigenvalue weighted by Crippen LogP contribution is -2.30. The molecule has 0 bridgehead atoms. The molecule has 1 aliphatic heterocycles. The van der Waals surface area contributed by atoms with Crippen molar-refractivity contribution in [2.45, 2.75) is 11.3 Å². The first-order valence-electron chi connectivity index (χ1n) is 6.00. The Morgan fingerprint density at radius 1 is 1.53 bits per heavy atom. The zero-order valence-electron chi connectivity index (χ0n) is 10.7. The van der Waals surface area contributed by atoms with Crippen LogP contribution < -0.4 is 5.73 Å². The highest BCUT2D eigenvalue weighted by atomic mass is 32.2. The lowest BCUT2D eigenvalue weighted by atomic mass is 10.1. The molecule has 1 aromatic rings. The fraction of sp³-hybridized carbons (Fsp3) is 0.500. The molecule has 0 saturated carbocycles. The lowest BCUT2D eigenvalue weighted by Gasteiger charge is -2.17. The molecule has 1 atom stereocenters. The van der Waals surface area contributed by atoms with E-state index in [1.165, 1.54) is 16.4 Å². The maximum absolute atomic E-state index is 13.4. The van der Waals surface area contributed by atoms with E-state index in [1.807, 2.05) is 0 Å². The number of nitrogens with two attached hydrogens (primary N) is 1. The summed E-state index contributed by atoms with van der Waals surface area (Å²) in [4.78, 5) is -0.162. The molecule has 0 radical (unpaired) electrons. The summed E-state index contributed by atoms with van der Waals surface area (Å²) >= 11 is 0. The van der Waals surface area contributed by atoms with Gasteiger partial charge in [0.15, 0.2) is 0 Å². The van der Waals surface area contributed by atoms with Gasteiger partial charge in [-0.3, -0.25) is 0 Å². The molecule has 19 heavy (non-hydrogen) atoms. The maximum Gasteiger partial charge on any atom is 0.245 e. The maximum atomic E-state index is 13.4. The highest BCUT2D eigenvalue weighted by Gasteiger charge is 2.33. The van der Waals surface area contributed by atoms with E-state index in [-0.39, 0.29) is 16.5 Å². The number of methoxy groups -OCH3 is 1. The Morgan fingerprint density at radius 3 is 2.95 bits per heavy atom. The van der Waals surface area contributed by atoms with E-state index in [1.54, 1.807) is 7.11 Å². The molecule has 0 aliphatic carbocycles. The summed E-state index contributed by atoms with van der Waals surface area (Å²) in [7, 11) is -2.15. The lowest BCUT2D eigenvalue weighted by molar-refractivity contribution is 0.157. The second kappa shape index (κ2) is 5.44. The van der Waals surface area contributed by atoms with E-state index in [2.05, 4.69) is 0 Å². The third-order valence-corrected chi connectivity index (χ3v) is 5.20. The van der Waals surface area contributed by atoms with Crippen LogP contribution in [-0.2, 0) is 14.8 Å². The number of rotatable bonds is 4. The first-order valence-corrected chi connectivity index (χ1v) is 7.44. The first kappa shape index (κ1) is 14.2. The van der Waals surface area contributed by atoms with Gasteiger partial charge in [0.05, 0.1) is 12.3 Å². The molecule has 106 valence electrons. The second-order valence-electron chi connectivity index (χ2n) is 4.62. The predicted octanol–water partition coefficient (Wildman–Crippen LogP) is 1.06. The van der Waals surface area contributed by atoms with Crippen molar-refractivity contribution in [1.82, 2.24) is 4.31 Å². The van der Waals surface area contributed by atoms with Crippen molar-refractivity contribution in [2.75, 3.05) is 32.5 Å². The standard InChI is InChI=1S/C12H17FN2O3S/c1-18-8-9-5-6-15(7-9)19(16,17)11-4-2-3-10(13)12(11)14/h2-4,9H,5-8,14H2,1H3. The number of sulfonamides is 1. The molecular formula is C12H17FN2O3S. The Balaban J connectivity index is 2.26. The van der Waals surface area contributed by atoms with Gasteiger partial charge in [-0.2, -0.15) is 4.31 Å². The Labute approximate surface area is 112 Å². The van der Waals surface area contributed by atoms with Crippen LogP contribution in [0.4, 0.5) is 10.1 Å². The van der Waals surface area contributed by atoms with Crippen molar-refractivity contribution in [3.05, 3.63) is 24.0 Å². The van der Waals surface area contributed by atoms with Gasteiger partial charge in [-0.1, -0.05) is 6.07 Å². The van der Waals surface area contributed by atoms with Crippen molar-refractivity contribution in [3.63, 3.8) is 0 Å². The summed E-state index contributed by atoms with van der Waals surface area (Å²) in [5, 5.41) is 0. The van der Waals surface area contributed by atoms with Gasteiger partial charge >= 0.3 is 0 Å². The molecule has 1 aliphatic rings. The summed E-state index contributed by atoms with van der Waals surface area (Å²) < 4.78 is 44.5. The first-order chi connectivity index (χ1) is 8.96. The number of nitrogen functional groups attached to an aromatic ring is 1. The summed E-state index contributed by atoms with van der Waals surface area (Å²) in [5.74, 6) is -0.539. The molecule has 5 nitrogen and oxygen atoms in total. The van der Waals surface area contributed by atoms with Crippen LogP contribution in [0, 0.1) is 11.7 Å². The van der Waals surface area contributed by atoms with E-state index in [0.717, 1.165) is 12.5 Å². The average molecular weight is 288 g/mol. The zero-order valence-corrected chi connectivity index (χ0v) is 11.5. The number of hydrogen-bond acceptors (Lipinski definition) is 4. The Morgan fingerprint density at radius 2 is 2.26 bits per heavy atom. The van der Waals surface area contributed by atoms with Crippen molar-refractivity contribution in [2.24, 2.45) is 5.92 Å². The number of halogens is 1. The minimum absolute atomic E-state index is 0.162. The molecular weight excluding hydrogens is 271 g/mol. The quantitative estimate of drug-likeness (QED) is 0.841. The van der Waals surface area contributed by atoms with Gasteiger partial charge in [0.25, 0.3) is 0 Å². The molecule has 1 aromatic carbocycles. The van der Waals surface area contributed by atoms with E-state index in [0.29, 0.717) is 19.7 Å². The Hall–Kier alpha value is -1.18. The van der Waals surface area contributed by atoms with Crippen LogP contribution in [0.1, 0.15) is 6.42 Å². The van der Waals surface area contributed by atoms with Crippen LogP contribution in [-0.4, -0.2) is 39.5 Å². The van der Waals surface area contributed by atoms with Crippen molar-refractivity contribution < 1.29 is 17.5 Å². The fourth-order valence-corrected chi connectivity index (χ4v) is 3.93. The van der Waals surface area contributed by atoms with Gasteiger partial charge in [0.1, 0.15) is 10.7 Å². The monoisotopic (exact) mass is 288 g/mol. The van der Waals surface area contributed by atoms with E-state index >= 15 is 0 Å². The van der Waals surface area contributed by atoms with Crippen molar-refractivity contribution in [1.29, 1.82) is 0 Å². The van der Waals surface area contributed by atoms with Gasteiger partial charge in [-0.25, -0.2) is 12.8 Å². The highest BCUT2D eigenvalue weighted by Crippen LogP contribution is 2.28. The van der Waals surface area contributed by atoms with Gasteiger partial charge in [-0.15, -0.1) is 0 Å². The summed E-state index contributed by atoms with van der Waals surface area (Å²) in [6, 6.07) is 3.82. The van der Waals surface area contributed by atoms with Crippen LogP contribution in [0.15, 0.2) is 23.1 Å².